The Kier molecular flexibility index (Phi) is 3.87. The highest BCUT2D eigenvalue weighted by Crippen LogP contribution is 2.47. The maximum atomic E-state index is 11.8. The second kappa shape index (κ2) is 5.40. The lowest BCUT2D eigenvalue weighted by atomic mass is 10.0. The van der Waals surface area contributed by atoms with Crippen molar-refractivity contribution in [2.24, 2.45) is 5.41 Å². The number of nitrogens with one attached hydrogen (secondary N) is 1. The van der Waals surface area contributed by atoms with Crippen LogP contribution in [0.1, 0.15) is 24.8 Å². The van der Waals surface area contributed by atoms with Gasteiger partial charge in [0.25, 0.3) is 0 Å². The normalized spacial score (nSPS) is 16.3. The van der Waals surface area contributed by atoms with E-state index in [1.165, 1.54) is 0 Å². The Hall–Kier alpha value is -1.55. The smallest absolute Gasteiger partial charge is 0.224 e. The molecule has 2 rings (SSSR count). The summed E-state index contributed by atoms with van der Waals surface area (Å²) in [5.74, 6) is 0.0739. The van der Waals surface area contributed by atoms with Crippen molar-refractivity contribution in [1.29, 1.82) is 0 Å². The van der Waals surface area contributed by atoms with Crippen LogP contribution >= 0.6 is 0 Å². The van der Waals surface area contributed by atoms with Gasteiger partial charge in [-0.2, -0.15) is 0 Å². The molecule has 1 saturated carbocycles. The third-order valence-corrected chi connectivity index (χ3v) is 3.60. The van der Waals surface area contributed by atoms with Crippen LogP contribution in [-0.4, -0.2) is 29.3 Å². The quantitative estimate of drug-likeness (QED) is 0.710. The number of hydrogen-bond acceptors (Lipinski definition) is 3. The van der Waals surface area contributed by atoms with Crippen LogP contribution in [0.4, 0.5) is 0 Å². The van der Waals surface area contributed by atoms with Crippen LogP contribution in [-0.2, 0) is 11.2 Å². The van der Waals surface area contributed by atoms with Gasteiger partial charge < -0.3 is 15.5 Å². The molecule has 1 aromatic carbocycles. The van der Waals surface area contributed by atoms with Crippen molar-refractivity contribution in [3.8, 4) is 5.75 Å². The fourth-order valence-electron chi connectivity index (χ4n) is 2.11. The number of phenols is 1. The van der Waals surface area contributed by atoms with E-state index in [9.17, 15) is 9.90 Å². The van der Waals surface area contributed by atoms with Gasteiger partial charge in [-0.15, -0.1) is 0 Å². The summed E-state index contributed by atoms with van der Waals surface area (Å²) in [6, 6.07) is 6.86. The van der Waals surface area contributed by atoms with E-state index in [-0.39, 0.29) is 30.1 Å². The summed E-state index contributed by atoms with van der Waals surface area (Å²) < 4.78 is 0. The highest BCUT2D eigenvalue weighted by Gasteiger charge is 2.41. The summed E-state index contributed by atoms with van der Waals surface area (Å²) in [6.07, 6.45) is 3.10. The van der Waals surface area contributed by atoms with E-state index in [1.807, 2.05) is 0 Å². The van der Waals surface area contributed by atoms with E-state index in [1.54, 1.807) is 24.3 Å². The first-order chi connectivity index (χ1) is 8.65. The number of aliphatic hydroxyl groups excluding tert-OH is 1. The molecule has 0 bridgehead atoms. The number of phenolic OH excluding ortho intramolecular Hbond substituents is 1. The van der Waals surface area contributed by atoms with Crippen LogP contribution < -0.4 is 5.32 Å². The first-order valence-corrected chi connectivity index (χ1v) is 6.30. The molecule has 1 fully saturated rings. The summed E-state index contributed by atoms with van der Waals surface area (Å²) in [7, 11) is 0. The first-order valence-electron chi connectivity index (χ1n) is 6.30. The van der Waals surface area contributed by atoms with Crippen LogP contribution in [0.25, 0.3) is 0 Å². The van der Waals surface area contributed by atoms with Gasteiger partial charge in [-0.25, -0.2) is 0 Å². The predicted molar refractivity (Wildman–Crippen MR) is 68.2 cm³/mol. The average molecular weight is 249 g/mol. The molecule has 1 aliphatic carbocycles. The molecule has 98 valence electrons. The number of carbonyl (C=O) groups excluding carboxylic acids is 1. The topological polar surface area (TPSA) is 69.6 Å². The number of benzene rings is 1. The molecule has 18 heavy (non-hydrogen) atoms. The van der Waals surface area contributed by atoms with E-state index >= 15 is 0 Å². The van der Waals surface area contributed by atoms with E-state index in [4.69, 9.17) is 5.11 Å². The van der Waals surface area contributed by atoms with Crippen molar-refractivity contribution >= 4 is 5.91 Å². The zero-order valence-electron chi connectivity index (χ0n) is 10.4. The van der Waals surface area contributed by atoms with E-state index in [2.05, 4.69) is 5.32 Å². The standard InChI is InChI=1S/C14H19NO3/c16-8-7-14(5-6-14)10-15-13(18)9-11-3-1-2-4-12(11)17/h1-4,16-17H,5-10H2,(H,15,18). The molecule has 0 unspecified atom stereocenters. The molecule has 0 spiro atoms. The summed E-state index contributed by atoms with van der Waals surface area (Å²) in [5, 5.41) is 21.4. The highest BCUT2D eigenvalue weighted by atomic mass is 16.3. The number of rotatable bonds is 6. The second-order valence-corrected chi connectivity index (χ2v) is 5.06. The number of aliphatic hydroxyl groups is 1. The van der Waals surface area contributed by atoms with Crippen LogP contribution in [0.5, 0.6) is 5.75 Å². The third kappa shape index (κ3) is 3.23. The minimum absolute atomic E-state index is 0.0827. The molecule has 0 atom stereocenters. The molecule has 4 nitrogen and oxygen atoms in total. The van der Waals surface area contributed by atoms with Gasteiger partial charge in [0.05, 0.1) is 6.42 Å². The van der Waals surface area contributed by atoms with Crippen molar-refractivity contribution < 1.29 is 15.0 Å². The van der Waals surface area contributed by atoms with Crippen molar-refractivity contribution in [3.05, 3.63) is 29.8 Å². The highest BCUT2D eigenvalue weighted by molar-refractivity contribution is 5.79. The van der Waals surface area contributed by atoms with E-state index < -0.39 is 0 Å². The molecule has 0 aromatic heterocycles. The van der Waals surface area contributed by atoms with Gasteiger partial charge in [-0.3, -0.25) is 4.79 Å². The van der Waals surface area contributed by atoms with Crippen LogP contribution in [0, 0.1) is 5.41 Å². The zero-order valence-corrected chi connectivity index (χ0v) is 10.4. The van der Waals surface area contributed by atoms with Crippen LogP contribution in [0.15, 0.2) is 24.3 Å². The Balaban J connectivity index is 1.81. The van der Waals surface area contributed by atoms with Gasteiger partial charge in [0.15, 0.2) is 0 Å². The Labute approximate surface area is 107 Å². The molecular weight excluding hydrogens is 230 g/mol. The molecule has 1 amide bonds. The fourth-order valence-corrected chi connectivity index (χ4v) is 2.11. The average Bonchev–Trinajstić information content (AvgIpc) is 3.11. The lowest BCUT2D eigenvalue weighted by Crippen LogP contribution is -2.31. The number of para-hydroxylation sites is 1. The summed E-state index contributed by atoms with van der Waals surface area (Å²) in [6.45, 7) is 0.801. The minimum atomic E-state index is -0.0827. The Bertz CT molecular complexity index is 427. The second-order valence-electron chi connectivity index (χ2n) is 5.06. The fraction of sp³-hybridized carbons (Fsp3) is 0.500. The van der Waals surface area contributed by atoms with Crippen LogP contribution in [0.3, 0.4) is 0 Å². The molecule has 0 saturated heterocycles. The summed E-state index contributed by atoms with van der Waals surface area (Å²) in [5.41, 5.74) is 0.769. The molecule has 0 aliphatic heterocycles. The number of carbonyl (C=O) groups is 1. The number of aromatic hydroxyl groups is 1. The van der Waals surface area contributed by atoms with Gasteiger partial charge in [0.1, 0.15) is 5.75 Å². The van der Waals surface area contributed by atoms with Gasteiger partial charge in [0.2, 0.25) is 5.91 Å². The molecular formula is C14H19NO3. The Morgan fingerprint density at radius 2 is 2.06 bits per heavy atom. The molecule has 4 heteroatoms. The van der Waals surface area contributed by atoms with Crippen molar-refractivity contribution in [2.45, 2.75) is 25.7 Å². The van der Waals surface area contributed by atoms with Crippen molar-refractivity contribution in [3.63, 3.8) is 0 Å². The largest absolute Gasteiger partial charge is 0.508 e. The summed E-state index contributed by atoms with van der Waals surface area (Å²) >= 11 is 0. The first kappa shape index (κ1) is 12.9. The van der Waals surface area contributed by atoms with E-state index in [0.29, 0.717) is 12.1 Å². The maximum absolute atomic E-state index is 11.8. The van der Waals surface area contributed by atoms with Gasteiger partial charge >= 0.3 is 0 Å². The van der Waals surface area contributed by atoms with Gasteiger partial charge in [-0.1, -0.05) is 18.2 Å². The molecule has 1 aliphatic rings. The van der Waals surface area contributed by atoms with E-state index in [0.717, 1.165) is 19.3 Å². The number of amides is 1. The molecule has 3 N–H and O–H groups in total. The SMILES string of the molecule is O=C(Cc1ccccc1O)NCC1(CCO)CC1. The Morgan fingerprint density at radius 3 is 2.67 bits per heavy atom. The van der Waals surface area contributed by atoms with Crippen LogP contribution in [0.2, 0.25) is 0 Å². The predicted octanol–water partition coefficient (Wildman–Crippen LogP) is 1.21. The monoisotopic (exact) mass is 249 g/mol. The zero-order chi connectivity index (χ0) is 13.0. The lowest BCUT2D eigenvalue weighted by Gasteiger charge is -2.14. The maximum Gasteiger partial charge on any atom is 0.224 e. The molecule has 0 heterocycles. The Morgan fingerprint density at radius 1 is 1.33 bits per heavy atom. The minimum Gasteiger partial charge on any atom is -0.508 e. The van der Waals surface area contributed by atoms with Crippen molar-refractivity contribution in [1.82, 2.24) is 5.32 Å². The lowest BCUT2D eigenvalue weighted by molar-refractivity contribution is -0.120. The van der Waals surface area contributed by atoms with Gasteiger partial charge in [0, 0.05) is 18.7 Å². The molecule has 0 radical (unpaired) electrons. The third-order valence-electron chi connectivity index (χ3n) is 3.60. The van der Waals surface area contributed by atoms with Gasteiger partial charge in [-0.05, 0) is 30.7 Å². The summed E-state index contributed by atoms with van der Waals surface area (Å²) in [4.78, 5) is 11.8. The van der Waals surface area contributed by atoms with Crippen molar-refractivity contribution in [2.75, 3.05) is 13.2 Å². The number of hydrogen-bond donors (Lipinski definition) is 3. The molecule has 1 aromatic rings.